The van der Waals surface area contributed by atoms with Crippen LogP contribution < -0.4 is 10.6 Å². The summed E-state index contributed by atoms with van der Waals surface area (Å²) in [4.78, 5) is 23.6. The van der Waals surface area contributed by atoms with Gasteiger partial charge in [-0.05, 0) is 35.9 Å². The third-order valence-corrected chi connectivity index (χ3v) is 3.52. The molecule has 0 unspecified atom stereocenters. The number of rotatable bonds is 5. The van der Waals surface area contributed by atoms with Crippen molar-refractivity contribution in [3.8, 4) is 0 Å². The third-order valence-electron chi connectivity index (χ3n) is 3.29. The summed E-state index contributed by atoms with van der Waals surface area (Å²) in [6, 6.07) is 14.2. The van der Waals surface area contributed by atoms with Gasteiger partial charge in [0.2, 0.25) is 5.91 Å². The Hall–Kier alpha value is -2.33. The molecule has 0 fully saturated rings. The van der Waals surface area contributed by atoms with Gasteiger partial charge in [0.15, 0.2) is 0 Å². The summed E-state index contributed by atoms with van der Waals surface area (Å²) in [5, 5.41) is 6.19. The molecule has 0 aliphatic carbocycles. The lowest BCUT2D eigenvalue weighted by Gasteiger charge is -2.09. The van der Waals surface area contributed by atoms with Gasteiger partial charge in [0.05, 0.1) is 0 Å². The van der Waals surface area contributed by atoms with Crippen LogP contribution in [-0.4, -0.2) is 11.8 Å². The van der Waals surface area contributed by atoms with Crippen molar-refractivity contribution in [1.29, 1.82) is 0 Å². The lowest BCUT2D eigenvalue weighted by Crippen LogP contribution is -2.22. The molecule has 0 saturated heterocycles. The van der Waals surface area contributed by atoms with Crippen molar-refractivity contribution in [2.24, 2.45) is 5.92 Å². The largest absolute Gasteiger partial charge is 0.348 e. The van der Waals surface area contributed by atoms with Crippen molar-refractivity contribution >= 4 is 29.1 Å². The van der Waals surface area contributed by atoms with Gasteiger partial charge in [0.1, 0.15) is 0 Å². The fraction of sp³-hybridized carbons (Fsp3) is 0.222. The van der Waals surface area contributed by atoms with Crippen molar-refractivity contribution in [1.82, 2.24) is 5.32 Å². The van der Waals surface area contributed by atoms with Gasteiger partial charge in [-0.15, -0.1) is 0 Å². The number of amides is 2. The molecule has 2 N–H and O–H groups in total. The highest BCUT2D eigenvalue weighted by molar-refractivity contribution is 6.30. The van der Waals surface area contributed by atoms with Crippen LogP contribution in [0.4, 0.5) is 5.69 Å². The molecule has 0 heterocycles. The van der Waals surface area contributed by atoms with E-state index in [1.54, 1.807) is 24.3 Å². The summed E-state index contributed by atoms with van der Waals surface area (Å²) >= 11 is 5.87. The normalized spacial score (nSPS) is 10.4. The maximum Gasteiger partial charge on any atom is 0.251 e. The van der Waals surface area contributed by atoms with Crippen LogP contribution in [0.3, 0.4) is 0 Å². The Kier molecular flexibility index (Phi) is 5.77. The average Bonchev–Trinajstić information content (AvgIpc) is 2.53. The number of carbonyl (C=O) groups excluding carboxylic acids is 2. The van der Waals surface area contributed by atoms with E-state index in [9.17, 15) is 9.59 Å². The topological polar surface area (TPSA) is 58.2 Å². The molecular weight excluding hydrogens is 312 g/mol. The summed E-state index contributed by atoms with van der Waals surface area (Å²) in [7, 11) is 0. The summed E-state index contributed by atoms with van der Waals surface area (Å²) < 4.78 is 0. The fourth-order valence-electron chi connectivity index (χ4n) is 1.91. The Morgan fingerprint density at radius 2 is 1.78 bits per heavy atom. The minimum absolute atomic E-state index is 0.0213. The van der Waals surface area contributed by atoms with Gasteiger partial charge in [-0.25, -0.2) is 0 Å². The van der Waals surface area contributed by atoms with Crippen molar-refractivity contribution in [3.63, 3.8) is 0 Å². The van der Waals surface area contributed by atoms with E-state index in [1.807, 2.05) is 38.1 Å². The molecule has 0 atom stereocenters. The number of nitrogens with one attached hydrogen (secondary N) is 2. The second-order valence-electron chi connectivity index (χ2n) is 5.53. The summed E-state index contributed by atoms with van der Waals surface area (Å²) in [6.07, 6.45) is 0. The molecule has 23 heavy (non-hydrogen) atoms. The molecule has 5 heteroatoms. The number of carbonyl (C=O) groups is 2. The second-order valence-corrected chi connectivity index (χ2v) is 5.97. The molecular formula is C18H19ClN2O2. The predicted molar refractivity (Wildman–Crippen MR) is 92.5 cm³/mol. The number of halogens is 1. The van der Waals surface area contributed by atoms with E-state index < -0.39 is 0 Å². The Balaban J connectivity index is 1.91. The van der Waals surface area contributed by atoms with Gasteiger partial charge in [-0.3, -0.25) is 9.59 Å². The highest BCUT2D eigenvalue weighted by atomic mass is 35.5. The first-order valence-corrected chi connectivity index (χ1v) is 7.77. The van der Waals surface area contributed by atoms with Gasteiger partial charge in [0.25, 0.3) is 5.91 Å². The summed E-state index contributed by atoms with van der Waals surface area (Å²) in [5.74, 6) is -0.261. The Bertz CT molecular complexity index is 696. The van der Waals surface area contributed by atoms with E-state index in [4.69, 9.17) is 11.6 Å². The monoisotopic (exact) mass is 330 g/mol. The molecule has 0 spiro atoms. The Morgan fingerprint density at radius 1 is 1.09 bits per heavy atom. The number of benzene rings is 2. The number of anilines is 1. The Labute approximate surface area is 140 Å². The maximum atomic E-state index is 12.0. The second kappa shape index (κ2) is 7.79. The maximum absolute atomic E-state index is 12.0. The lowest BCUT2D eigenvalue weighted by molar-refractivity contribution is -0.118. The zero-order valence-electron chi connectivity index (χ0n) is 13.1. The SMILES string of the molecule is CC(C)C(=O)Nc1ccc(CNC(=O)c2cccc(Cl)c2)cc1. The van der Waals surface area contributed by atoms with Gasteiger partial charge < -0.3 is 10.6 Å². The van der Waals surface area contributed by atoms with Crippen LogP contribution in [0.15, 0.2) is 48.5 Å². The van der Waals surface area contributed by atoms with E-state index in [0.29, 0.717) is 17.1 Å². The molecule has 4 nitrogen and oxygen atoms in total. The molecule has 2 amide bonds. The van der Waals surface area contributed by atoms with E-state index in [-0.39, 0.29) is 17.7 Å². The smallest absolute Gasteiger partial charge is 0.251 e. The first-order chi connectivity index (χ1) is 11.0. The summed E-state index contributed by atoms with van der Waals surface area (Å²) in [5.41, 5.74) is 2.22. The van der Waals surface area contributed by atoms with Crippen LogP contribution in [0.25, 0.3) is 0 Å². The molecule has 0 bridgehead atoms. The standard InChI is InChI=1S/C18H19ClN2O2/c1-12(2)17(22)21-16-8-6-13(7-9-16)11-20-18(23)14-4-3-5-15(19)10-14/h3-10,12H,11H2,1-2H3,(H,20,23)(H,21,22). The van der Waals surface area contributed by atoms with Crippen molar-refractivity contribution in [2.75, 3.05) is 5.32 Å². The molecule has 0 aliphatic heterocycles. The van der Waals surface area contributed by atoms with E-state index in [1.165, 1.54) is 0 Å². The van der Waals surface area contributed by atoms with Crippen LogP contribution in [0.2, 0.25) is 5.02 Å². The van der Waals surface area contributed by atoms with Crippen LogP contribution in [0, 0.1) is 5.92 Å². The zero-order chi connectivity index (χ0) is 16.8. The highest BCUT2D eigenvalue weighted by Crippen LogP contribution is 2.12. The van der Waals surface area contributed by atoms with E-state index >= 15 is 0 Å². The van der Waals surface area contributed by atoms with E-state index in [0.717, 1.165) is 11.3 Å². The van der Waals surface area contributed by atoms with Crippen LogP contribution in [0.5, 0.6) is 0 Å². The lowest BCUT2D eigenvalue weighted by atomic mass is 10.1. The van der Waals surface area contributed by atoms with Gasteiger partial charge >= 0.3 is 0 Å². The van der Waals surface area contributed by atoms with Gasteiger partial charge in [0, 0.05) is 28.7 Å². The van der Waals surface area contributed by atoms with Crippen molar-refractivity contribution in [2.45, 2.75) is 20.4 Å². The quantitative estimate of drug-likeness (QED) is 0.874. The minimum atomic E-state index is -0.176. The summed E-state index contributed by atoms with van der Waals surface area (Å²) in [6.45, 7) is 4.09. The fourth-order valence-corrected chi connectivity index (χ4v) is 2.10. The van der Waals surface area contributed by atoms with Crippen molar-refractivity contribution in [3.05, 3.63) is 64.7 Å². The van der Waals surface area contributed by atoms with Crippen LogP contribution in [0.1, 0.15) is 29.8 Å². The minimum Gasteiger partial charge on any atom is -0.348 e. The van der Waals surface area contributed by atoms with Gasteiger partial charge in [-0.1, -0.05) is 43.6 Å². The highest BCUT2D eigenvalue weighted by Gasteiger charge is 2.08. The molecule has 0 saturated carbocycles. The molecule has 0 aliphatic rings. The number of hydrogen-bond acceptors (Lipinski definition) is 2. The third kappa shape index (κ3) is 5.11. The van der Waals surface area contributed by atoms with E-state index in [2.05, 4.69) is 10.6 Å². The zero-order valence-corrected chi connectivity index (χ0v) is 13.9. The van der Waals surface area contributed by atoms with Gasteiger partial charge in [-0.2, -0.15) is 0 Å². The van der Waals surface area contributed by atoms with Crippen LogP contribution in [-0.2, 0) is 11.3 Å². The van der Waals surface area contributed by atoms with Crippen molar-refractivity contribution < 1.29 is 9.59 Å². The predicted octanol–water partition coefficient (Wildman–Crippen LogP) is 3.86. The molecule has 0 aromatic heterocycles. The first kappa shape index (κ1) is 17.0. The first-order valence-electron chi connectivity index (χ1n) is 7.39. The molecule has 2 aromatic rings. The molecule has 0 radical (unpaired) electrons. The molecule has 120 valence electrons. The average molecular weight is 331 g/mol. The number of hydrogen-bond donors (Lipinski definition) is 2. The van der Waals surface area contributed by atoms with Crippen LogP contribution >= 0.6 is 11.6 Å². The molecule has 2 aromatic carbocycles. The molecule has 2 rings (SSSR count). The Morgan fingerprint density at radius 3 is 2.39 bits per heavy atom.